The molecule has 0 aliphatic heterocycles. The standard InChI is InChI=1S/C11H7BrFN3O4S/c12-7-3-4-14-11(5-7)15-21(19,20)8-1-2-9(13)10(6-8)16(17)18/h1-6H,(H,14,15). The molecule has 0 radical (unpaired) electrons. The summed E-state index contributed by atoms with van der Waals surface area (Å²) >= 11 is 3.15. The molecule has 0 amide bonds. The van der Waals surface area contributed by atoms with Gasteiger partial charge in [-0.05, 0) is 24.3 Å². The molecule has 0 saturated heterocycles. The molecular formula is C11H7BrFN3O4S. The van der Waals surface area contributed by atoms with Crippen molar-refractivity contribution in [3.8, 4) is 0 Å². The lowest BCUT2D eigenvalue weighted by Crippen LogP contribution is -2.14. The quantitative estimate of drug-likeness (QED) is 0.653. The van der Waals surface area contributed by atoms with E-state index >= 15 is 0 Å². The summed E-state index contributed by atoms with van der Waals surface area (Å²) in [6.07, 6.45) is 1.37. The lowest BCUT2D eigenvalue weighted by atomic mass is 10.3. The van der Waals surface area contributed by atoms with E-state index in [0.717, 1.165) is 12.1 Å². The summed E-state index contributed by atoms with van der Waals surface area (Å²) in [7, 11) is -4.11. The first-order valence-corrected chi connectivity index (χ1v) is 7.65. The van der Waals surface area contributed by atoms with Crippen molar-refractivity contribution >= 4 is 37.5 Å². The summed E-state index contributed by atoms with van der Waals surface area (Å²) < 4.78 is 40.1. The van der Waals surface area contributed by atoms with Crippen LogP contribution < -0.4 is 4.72 Å². The highest BCUT2D eigenvalue weighted by Gasteiger charge is 2.21. The number of rotatable bonds is 4. The Morgan fingerprint density at radius 2 is 2.00 bits per heavy atom. The number of sulfonamides is 1. The number of hydrogen-bond donors (Lipinski definition) is 1. The molecule has 0 atom stereocenters. The molecule has 21 heavy (non-hydrogen) atoms. The molecule has 1 heterocycles. The summed E-state index contributed by atoms with van der Waals surface area (Å²) in [4.78, 5) is 13.0. The Kier molecular flexibility index (Phi) is 4.19. The minimum Gasteiger partial charge on any atom is -0.263 e. The molecule has 0 fully saturated rings. The number of aromatic nitrogens is 1. The molecule has 0 aliphatic carbocycles. The van der Waals surface area contributed by atoms with Crippen molar-refractivity contribution in [2.45, 2.75) is 4.90 Å². The molecule has 0 unspecified atom stereocenters. The third-order valence-electron chi connectivity index (χ3n) is 2.39. The van der Waals surface area contributed by atoms with Gasteiger partial charge in [-0.25, -0.2) is 13.4 Å². The van der Waals surface area contributed by atoms with Crippen molar-refractivity contribution in [3.05, 3.63) is 56.9 Å². The van der Waals surface area contributed by atoms with Crippen LogP contribution in [0.5, 0.6) is 0 Å². The predicted octanol–water partition coefficient (Wildman–Crippen LogP) is 2.69. The maximum atomic E-state index is 13.2. The number of nitrogens with zero attached hydrogens (tertiary/aromatic N) is 2. The summed E-state index contributed by atoms with van der Waals surface area (Å²) in [6, 6.07) is 5.31. The van der Waals surface area contributed by atoms with Crippen LogP contribution in [0.2, 0.25) is 0 Å². The molecule has 2 rings (SSSR count). The lowest BCUT2D eigenvalue weighted by Gasteiger charge is -2.07. The zero-order chi connectivity index (χ0) is 15.6. The number of benzene rings is 1. The van der Waals surface area contributed by atoms with Gasteiger partial charge in [0.1, 0.15) is 5.82 Å². The van der Waals surface area contributed by atoms with E-state index in [2.05, 4.69) is 25.6 Å². The fourth-order valence-corrected chi connectivity index (χ4v) is 2.81. The minimum absolute atomic E-state index is 0.0244. The zero-order valence-electron chi connectivity index (χ0n) is 10.2. The van der Waals surface area contributed by atoms with Crippen LogP contribution in [-0.4, -0.2) is 18.3 Å². The van der Waals surface area contributed by atoms with Gasteiger partial charge in [0.2, 0.25) is 5.82 Å². The Morgan fingerprint density at radius 1 is 1.29 bits per heavy atom. The van der Waals surface area contributed by atoms with Crippen molar-refractivity contribution in [2.24, 2.45) is 0 Å². The Bertz CT molecular complexity index is 813. The van der Waals surface area contributed by atoms with Gasteiger partial charge in [0, 0.05) is 16.7 Å². The van der Waals surface area contributed by atoms with Gasteiger partial charge >= 0.3 is 5.69 Å². The molecule has 0 bridgehead atoms. The zero-order valence-corrected chi connectivity index (χ0v) is 12.6. The first-order chi connectivity index (χ1) is 9.79. The molecular weight excluding hydrogens is 369 g/mol. The number of nitro benzene ring substituents is 1. The Morgan fingerprint density at radius 3 is 2.62 bits per heavy atom. The Labute approximate surface area is 127 Å². The number of nitro groups is 1. The smallest absolute Gasteiger partial charge is 0.263 e. The fourth-order valence-electron chi connectivity index (χ4n) is 1.46. The summed E-state index contributed by atoms with van der Waals surface area (Å²) in [5.41, 5.74) is -0.917. The molecule has 1 aromatic heterocycles. The third kappa shape index (κ3) is 3.52. The summed E-state index contributed by atoms with van der Waals surface area (Å²) in [5.74, 6) is -1.09. The fraction of sp³-hybridized carbons (Fsp3) is 0. The predicted molar refractivity (Wildman–Crippen MR) is 75.8 cm³/mol. The third-order valence-corrected chi connectivity index (χ3v) is 4.23. The van der Waals surface area contributed by atoms with Crippen molar-refractivity contribution < 1.29 is 17.7 Å². The van der Waals surface area contributed by atoms with Crippen LogP contribution in [0.15, 0.2) is 45.9 Å². The molecule has 0 saturated carbocycles. The number of nitrogens with one attached hydrogen (secondary N) is 1. The van der Waals surface area contributed by atoms with E-state index in [0.29, 0.717) is 10.5 Å². The van der Waals surface area contributed by atoms with E-state index in [9.17, 15) is 22.9 Å². The molecule has 1 aromatic carbocycles. The largest absolute Gasteiger partial charge is 0.306 e. The van der Waals surface area contributed by atoms with Crippen LogP contribution >= 0.6 is 15.9 Å². The van der Waals surface area contributed by atoms with Gasteiger partial charge in [0.25, 0.3) is 10.0 Å². The Balaban J connectivity index is 2.40. The van der Waals surface area contributed by atoms with Crippen LogP contribution in [0.25, 0.3) is 0 Å². The highest BCUT2D eigenvalue weighted by Crippen LogP contribution is 2.23. The second-order valence-corrected chi connectivity index (χ2v) is 6.43. The van der Waals surface area contributed by atoms with Crippen molar-refractivity contribution in [1.82, 2.24) is 4.98 Å². The van der Waals surface area contributed by atoms with Gasteiger partial charge in [-0.2, -0.15) is 4.39 Å². The number of anilines is 1. The van der Waals surface area contributed by atoms with Crippen LogP contribution in [0, 0.1) is 15.9 Å². The highest BCUT2D eigenvalue weighted by atomic mass is 79.9. The first-order valence-electron chi connectivity index (χ1n) is 5.38. The van der Waals surface area contributed by atoms with Crippen LogP contribution in [0.1, 0.15) is 0 Å². The molecule has 2 aromatic rings. The number of hydrogen-bond acceptors (Lipinski definition) is 5. The second-order valence-electron chi connectivity index (χ2n) is 3.84. The SMILES string of the molecule is O=[N+]([O-])c1cc(S(=O)(=O)Nc2cc(Br)ccn2)ccc1F. The van der Waals surface area contributed by atoms with Gasteiger partial charge < -0.3 is 0 Å². The highest BCUT2D eigenvalue weighted by molar-refractivity contribution is 9.10. The van der Waals surface area contributed by atoms with Gasteiger partial charge in [-0.15, -0.1) is 0 Å². The Hall–Kier alpha value is -2.07. The van der Waals surface area contributed by atoms with E-state index < -0.39 is 31.3 Å². The normalized spacial score (nSPS) is 11.1. The average Bonchev–Trinajstić information content (AvgIpc) is 2.38. The van der Waals surface area contributed by atoms with Gasteiger partial charge in [-0.3, -0.25) is 14.8 Å². The number of halogens is 2. The van der Waals surface area contributed by atoms with Crippen molar-refractivity contribution in [2.75, 3.05) is 4.72 Å². The van der Waals surface area contributed by atoms with E-state index in [1.807, 2.05) is 0 Å². The van der Waals surface area contributed by atoms with Crippen LogP contribution in [0.3, 0.4) is 0 Å². The molecule has 1 N–H and O–H groups in total. The lowest BCUT2D eigenvalue weighted by molar-refractivity contribution is -0.387. The van der Waals surface area contributed by atoms with Crippen molar-refractivity contribution in [3.63, 3.8) is 0 Å². The van der Waals surface area contributed by atoms with Crippen LogP contribution in [-0.2, 0) is 10.0 Å². The van der Waals surface area contributed by atoms with Crippen molar-refractivity contribution in [1.29, 1.82) is 0 Å². The molecule has 10 heteroatoms. The maximum Gasteiger partial charge on any atom is 0.306 e. The van der Waals surface area contributed by atoms with E-state index in [4.69, 9.17) is 0 Å². The van der Waals surface area contributed by atoms with Gasteiger partial charge in [-0.1, -0.05) is 15.9 Å². The van der Waals surface area contributed by atoms with Gasteiger partial charge in [0.15, 0.2) is 0 Å². The summed E-state index contributed by atoms with van der Waals surface area (Å²) in [6.45, 7) is 0. The second kappa shape index (κ2) is 5.74. The van der Waals surface area contributed by atoms with Crippen LogP contribution in [0.4, 0.5) is 15.9 Å². The van der Waals surface area contributed by atoms with Gasteiger partial charge in [0.05, 0.1) is 9.82 Å². The minimum atomic E-state index is -4.11. The van der Waals surface area contributed by atoms with E-state index in [1.165, 1.54) is 12.3 Å². The molecule has 110 valence electrons. The maximum absolute atomic E-state index is 13.2. The monoisotopic (exact) mass is 375 g/mol. The average molecular weight is 376 g/mol. The molecule has 0 spiro atoms. The molecule has 0 aliphatic rings. The first kappa shape index (κ1) is 15.3. The topological polar surface area (TPSA) is 102 Å². The van der Waals surface area contributed by atoms with E-state index in [1.54, 1.807) is 6.07 Å². The number of pyridine rings is 1. The van der Waals surface area contributed by atoms with E-state index in [-0.39, 0.29) is 5.82 Å². The molecule has 7 nitrogen and oxygen atoms in total. The summed E-state index contributed by atoms with van der Waals surface area (Å²) in [5, 5.41) is 10.6.